The Morgan fingerprint density at radius 2 is 1.89 bits per heavy atom. The fraction of sp³-hybridized carbons (Fsp3) is 0.438. The summed E-state index contributed by atoms with van der Waals surface area (Å²) in [6, 6.07) is 8.54. The monoisotopic (exact) mass is 257 g/mol. The van der Waals surface area contributed by atoms with Crippen molar-refractivity contribution < 1.29 is 0 Å². The molecule has 1 N–H and O–H groups in total. The summed E-state index contributed by atoms with van der Waals surface area (Å²) in [6.45, 7) is 9.31. The largest absolute Gasteiger partial charge is 0.311 e. The summed E-state index contributed by atoms with van der Waals surface area (Å²) in [7, 11) is 0. The zero-order valence-electron chi connectivity index (χ0n) is 12.1. The summed E-state index contributed by atoms with van der Waals surface area (Å²) < 4.78 is 2.10. The number of hydrogen-bond donors (Lipinski definition) is 1. The highest BCUT2D eigenvalue weighted by atomic mass is 15.3. The van der Waals surface area contributed by atoms with Gasteiger partial charge < -0.3 is 5.32 Å². The topological polar surface area (TPSA) is 29.9 Å². The first kappa shape index (κ1) is 13.8. The van der Waals surface area contributed by atoms with Crippen LogP contribution >= 0.6 is 0 Å². The number of rotatable bonds is 6. The van der Waals surface area contributed by atoms with Gasteiger partial charge in [0, 0.05) is 12.7 Å². The lowest BCUT2D eigenvalue weighted by Gasteiger charge is -2.12. The van der Waals surface area contributed by atoms with Crippen LogP contribution in [0.15, 0.2) is 30.5 Å². The molecule has 3 heteroatoms. The quantitative estimate of drug-likeness (QED) is 0.806. The van der Waals surface area contributed by atoms with Crippen molar-refractivity contribution in [3.63, 3.8) is 0 Å². The summed E-state index contributed by atoms with van der Waals surface area (Å²) in [4.78, 5) is 0. The lowest BCUT2D eigenvalue weighted by atomic mass is 10.0. The second kappa shape index (κ2) is 6.53. The third-order valence-corrected chi connectivity index (χ3v) is 3.49. The molecule has 0 bridgehead atoms. The van der Waals surface area contributed by atoms with Gasteiger partial charge in [0.25, 0.3) is 0 Å². The molecule has 2 aromatic rings. The molecule has 19 heavy (non-hydrogen) atoms. The minimum Gasteiger partial charge on any atom is -0.311 e. The van der Waals surface area contributed by atoms with E-state index < -0.39 is 0 Å². The minimum atomic E-state index is 0.856. The molecule has 0 spiro atoms. The Morgan fingerprint density at radius 3 is 2.58 bits per heavy atom. The third-order valence-electron chi connectivity index (χ3n) is 3.49. The molecule has 0 atom stereocenters. The molecule has 1 aromatic heterocycles. The third kappa shape index (κ3) is 3.44. The van der Waals surface area contributed by atoms with E-state index in [1.165, 1.54) is 22.4 Å². The van der Waals surface area contributed by atoms with E-state index in [1.54, 1.807) is 0 Å². The van der Waals surface area contributed by atoms with Crippen LogP contribution < -0.4 is 5.32 Å². The summed E-state index contributed by atoms with van der Waals surface area (Å²) in [6.07, 6.45) is 3.04. The van der Waals surface area contributed by atoms with Gasteiger partial charge in [0.1, 0.15) is 0 Å². The van der Waals surface area contributed by atoms with Crippen molar-refractivity contribution in [2.45, 2.75) is 40.3 Å². The van der Waals surface area contributed by atoms with Crippen molar-refractivity contribution in [2.75, 3.05) is 6.54 Å². The van der Waals surface area contributed by atoms with Crippen LogP contribution in [0.3, 0.4) is 0 Å². The SMILES string of the molecule is CCCNCc1ccnn1Cc1c(C)cccc1C. The first-order chi connectivity index (χ1) is 9.22. The Morgan fingerprint density at radius 1 is 1.16 bits per heavy atom. The Hall–Kier alpha value is -1.61. The predicted octanol–water partition coefficient (Wildman–Crippen LogP) is 3.05. The molecule has 102 valence electrons. The molecule has 0 fully saturated rings. The molecule has 0 saturated heterocycles. The summed E-state index contributed by atoms with van der Waals surface area (Å²) >= 11 is 0. The molecule has 0 aliphatic carbocycles. The van der Waals surface area contributed by atoms with Gasteiger partial charge in [-0.3, -0.25) is 4.68 Å². The van der Waals surface area contributed by atoms with Crippen LogP contribution in [0.2, 0.25) is 0 Å². The number of benzene rings is 1. The van der Waals surface area contributed by atoms with Crippen LogP contribution in [-0.4, -0.2) is 16.3 Å². The van der Waals surface area contributed by atoms with E-state index >= 15 is 0 Å². The van der Waals surface area contributed by atoms with E-state index in [1.807, 2.05) is 6.20 Å². The molecule has 3 nitrogen and oxygen atoms in total. The minimum absolute atomic E-state index is 0.856. The first-order valence-electron chi connectivity index (χ1n) is 6.99. The second-order valence-corrected chi connectivity index (χ2v) is 5.03. The molecule has 0 radical (unpaired) electrons. The lowest BCUT2D eigenvalue weighted by molar-refractivity contribution is 0.590. The van der Waals surface area contributed by atoms with Gasteiger partial charge in [-0.1, -0.05) is 25.1 Å². The maximum atomic E-state index is 4.45. The highest BCUT2D eigenvalue weighted by molar-refractivity contribution is 5.33. The molecule has 2 rings (SSSR count). The number of nitrogens with one attached hydrogen (secondary N) is 1. The van der Waals surface area contributed by atoms with Crippen molar-refractivity contribution in [2.24, 2.45) is 0 Å². The van der Waals surface area contributed by atoms with Crippen LogP contribution in [0.5, 0.6) is 0 Å². The zero-order chi connectivity index (χ0) is 13.7. The van der Waals surface area contributed by atoms with E-state index in [0.29, 0.717) is 0 Å². The van der Waals surface area contributed by atoms with Crippen molar-refractivity contribution in [1.82, 2.24) is 15.1 Å². The van der Waals surface area contributed by atoms with Gasteiger partial charge in [-0.2, -0.15) is 5.10 Å². The maximum absolute atomic E-state index is 4.45. The van der Waals surface area contributed by atoms with E-state index in [2.05, 4.69) is 60.1 Å². The highest BCUT2D eigenvalue weighted by Gasteiger charge is 2.07. The van der Waals surface area contributed by atoms with E-state index in [0.717, 1.165) is 26.1 Å². The second-order valence-electron chi connectivity index (χ2n) is 5.03. The van der Waals surface area contributed by atoms with E-state index in [9.17, 15) is 0 Å². The lowest BCUT2D eigenvalue weighted by Crippen LogP contribution is -2.18. The maximum Gasteiger partial charge on any atom is 0.0668 e. The van der Waals surface area contributed by atoms with Crippen molar-refractivity contribution in [3.8, 4) is 0 Å². The average molecular weight is 257 g/mol. The smallest absolute Gasteiger partial charge is 0.0668 e. The van der Waals surface area contributed by atoms with Gasteiger partial charge in [-0.15, -0.1) is 0 Å². The molecule has 1 heterocycles. The Bertz CT molecular complexity index is 508. The molecule has 1 aromatic carbocycles. The summed E-state index contributed by atoms with van der Waals surface area (Å²) in [5.41, 5.74) is 5.30. The summed E-state index contributed by atoms with van der Waals surface area (Å²) in [5, 5.41) is 7.88. The van der Waals surface area contributed by atoms with Gasteiger partial charge in [-0.25, -0.2) is 0 Å². The molecular weight excluding hydrogens is 234 g/mol. The van der Waals surface area contributed by atoms with Gasteiger partial charge >= 0.3 is 0 Å². The van der Waals surface area contributed by atoms with Crippen molar-refractivity contribution in [3.05, 3.63) is 52.8 Å². The van der Waals surface area contributed by atoms with Gasteiger partial charge in [0.15, 0.2) is 0 Å². The fourth-order valence-electron chi connectivity index (χ4n) is 2.29. The molecule has 0 unspecified atom stereocenters. The molecular formula is C16H23N3. The molecule has 0 aliphatic heterocycles. The fourth-order valence-corrected chi connectivity index (χ4v) is 2.29. The Kier molecular flexibility index (Phi) is 4.74. The molecule has 0 aliphatic rings. The van der Waals surface area contributed by atoms with Crippen LogP contribution in [0, 0.1) is 13.8 Å². The van der Waals surface area contributed by atoms with Gasteiger partial charge in [0.2, 0.25) is 0 Å². The van der Waals surface area contributed by atoms with Gasteiger partial charge in [-0.05, 0) is 49.6 Å². The van der Waals surface area contributed by atoms with Crippen molar-refractivity contribution >= 4 is 0 Å². The van der Waals surface area contributed by atoms with Crippen molar-refractivity contribution in [1.29, 1.82) is 0 Å². The standard InChI is InChI=1S/C16H23N3/c1-4-9-17-11-15-8-10-18-19(15)12-16-13(2)6-5-7-14(16)3/h5-8,10,17H,4,9,11-12H2,1-3H3. The predicted molar refractivity (Wildman–Crippen MR) is 79.2 cm³/mol. The van der Waals surface area contributed by atoms with Crippen LogP contribution in [0.1, 0.15) is 35.7 Å². The van der Waals surface area contributed by atoms with Crippen LogP contribution in [-0.2, 0) is 13.1 Å². The van der Waals surface area contributed by atoms with Crippen LogP contribution in [0.25, 0.3) is 0 Å². The number of hydrogen-bond acceptors (Lipinski definition) is 2. The highest BCUT2D eigenvalue weighted by Crippen LogP contribution is 2.15. The van der Waals surface area contributed by atoms with Gasteiger partial charge in [0.05, 0.1) is 12.2 Å². The molecule has 0 saturated carbocycles. The Labute approximate surface area is 115 Å². The normalized spacial score (nSPS) is 10.9. The number of aromatic nitrogens is 2. The van der Waals surface area contributed by atoms with Crippen LogP contribution in [0.4, 0.5) is 0 Å². The molecule has 0 amide bonds. The van der Waals surface area contributed by atoms with E-state index in [-0.39, 0.29) is 0 Å². The average Bonchev–Trinajstić information content (AvgIpc) is 2.82. The zero-order valence-corrected chi connectivity index (χ0v) is 12.1. The first-order valence-corrected chi connectivity index (χ1v) is 6.99. The Balaban J connectivity index is 2.13. The summed E-state index contributed by atoms with van der Waals surface area (Å²) in [5.74, 6) is 0. The number of nitrogens with zero attached hydrogens (tertiary/aromatic N) is 2. The van der Waals surface area contributed by atoms with E-state index in [4.69, 9.17) is 0 Å². The number of aryl methyl sites for hydroxylation is 2.